The normalized spacial score (nSPS) is 11.2. The van der Waals surface area contributed by atoms with Gasteiger partial charge < -0.3 is 0 Å². The third-order valence-electron chi connectivity index (χ3n) is 3.35. The summed E-state index contributed by atoms with van der Waals surface area (Å²) in [6.45, 7) is 6.23. The lowest BCUT2D eigenvalue weighted by molar-refractivity contribution is 0.852. The van der Waals surface area contributed by atoms with Crippen molar-refractivity contribution >= 4 is 28.1 Å². The van der Waals surface area contributed by atoms with Crippen LogP contribution in [0.1, 0.15) is 28.8 Å². The molecule has 1 aromatic carbocycles. The number of hydrogen-bond donors (Lipinski definition) is 0. The van der Waals surface area contributed by atoms with Crippen LogP contribution in [0.25, 0.3) is 4.96 Å². The monoisotopic (exact) mass is 331 g/mol. The zero-order chi connectivity index (χ0) is 15.7. The molecule has 0 unspecified atom stereocenters. The van der Waals surface area contributed by atoms with Crippen molar-refractivity contribution in [3.63, 3.8) is 0 Å². The molecule has 114 valence electrons. The van der Waals surface area contributed by atoms with Crippen LogP contribution < -0.4 is 5.56 Å². The first-order valence-corrected chi connectivity index (χ1v) is 8.95. The molecule has 0 N–H and O–H groups in total. The Kier molecular flexibility index (Phi) is 4.31. The summed E-state index contributed by atoms with van der Waals surface area (Å²) >= 11 is 3.20. The van der Waals surface area contributed by atoms with Gasteiger partial charge in [0.25, 0.3) is 5.56 Å². The van der Waals surface area contributed by atoms with Crippen LogP contribution in [0.3, 0.4) is 0 Å². The molecule has 2 aromatic heterocycles. The Labute approximate surface area is 137 Å². The molecule has 0 spiro atoms. The van der Waals surface area contributed by atoms with E-state index in [2.05, 4.69) is 42.1 Å². The quantitative estimate of drug-likeness (QED) is 0.685. The van der Waals surface area contributed by atoms with Gasteiger partial charge in [0.15, 0.2) is 0 Å². The second-order valence-corrected chi connectivity index (χ2v) is 7.24. The topological polar surface area (TPSA) is 47.3 Å². The van der Waals surface area contributed by atoms with Crippen molar-refractivity contribution in [1.29, 1.82) is 0 Å². The van der Waals surface area contributed by atoms with Crippen molar-refractivity contribution < 1.29 is 0 Å². The Morgan fingerprint density at radius 3 is 2.82 bits per heavy atom. The molecule has 6 heteroatoms. The van der Waals surface area contributed by atoms with Gasteiger partial charge in [-0.1, -0.05) is 36.0 Å². The summed E-state index contributed by atoms with van der Waals surface area (Å²) in [6, 6.07) is 7.99. The maximum Gasteiger partial charge on any atom is 0.275 e. The van der Waals surface area contributed by atoms with E-state index in [0.717, 1.165) is 17.1 Å². The van der Waals surface area contributed by atoms with Crippen LogP contribution in [-0.4, -0.2) is 14.6 Å². The van der Waals surface area contributed by atoms with Gasteiger partial charge in [-0.25, -0.2) is 4.98 Å². The summed E-state index contributed by atoms with van der Waals surface area (Å²) in [5.74, 6) is 0.689. The Morgan fingerprint density at radius 2 is 2.09 bits per heavy atom. The molecule has 0 bridgehead atoms. The molecular formula is C16H17N3OS2. The van der Waals surface area contributed by atoms with Crippen molar-refractivity contribution in [1.82, 2.24) is 14.6 Å². The second-order valence-electron chi connectivity index (χ2n) is 5.19. The lowest BCUT2D eigenvalue weighted by atomic mass is 10.2. The predicted molar refractivity (Wildman–Crippen MR) is 92.0 cm³/mol. The van der Waals surface area contributed by atoms with Gasteiger partial charge in [0.05, 0.1) is 5.69 Å². The highest BCUT2D eigenvalue weighted by Crippen LogP contribution is 2.26. The maximum atomic E-state index is 12.1. The van der Waals surface area contributed by atoms with Gasteiger partial charge in [0.1, 0.15) is 5.01 Å². The highest BCUT2D eigenvalue weighted by molar-refractivity contribution is 7.98. The van der Waals surface area contributed by atoms with Gasteiger partial charge in [-0.3, -0.25) is 4.79 Å². The Hall–Kier alpha value is -1.66. The fourth-order valence-corrected chi connectivity index (χ4v) is 3.99. The Morgan fingerprint density at radius 1 is 1.27 bits per heavy atom. The van der Waals surface area contributed by atoms with Crippen LogP contribution in [0.4, 0.5) is 0 Å². The van der Waals surface area contributed by atoms with Gasteiger partial charge >= 0.3 is 0 Å². The highest BCUT2D eigenvalue weighted by Gasteiger charge is 2.09. The highest BCUT2D eigenvalue weighted by atomic mass is 32.2. The fraction of sp³-hybridized carbons (Fsp3) is 0.312. The summed E-state index contributed by atoms with van der Waals surface area (Å²) in [6.07, 6.45) is 0.820. The number of hydrogen-bond acceptors (Lipinski definition) is 5. The minimum Gasteiger partial charge on any atom is -0.267 e. The first-order chi connectivity index (χ1) is 10.6. The zero-order valence-corrected chi connectivity index (χ0v) is 14.4. The van der Waals surface area contributed by atoms with Gasteiger partial charge in [0, 0.05) is 16.7 Å². The first kappa shape index (κ1) is 15.2. The predicted octanol–water partition coefficient (Wildman–Crippen LogP) is 3.62. The number of rotatable bonds is 4. The Balaban J connectivity index is 1.86. The summed E-state index contributed by atoms with van der Waals surface area (Å²) in [4.78, 5) is 18.6. The minimum atomic E-state index is -0.0998. The number of fused-ring (bicyclic) bond motifs is 1. The molecule has 0 aliphatic heterocycles. The van der Waals surface area contributed by atoms with E-state index in [-0.39, 0.29) is 5.56 Å². The van der Waals surface area contributed by atoms with Crippen LogP contribution in [0.5, 0.6) is 0 Å². The fourth-order valence-electron chi connectivity index (χ4n) is 2.23. The smallest absolute Gasteiger partial charge is 0.267 e. The SMILES string of the molecule is CCc1nn2c(=O)cc(CSc3ccc(C)cc3C)nc2s1. The van der Waals surface area contributed by atoms with E-state index in [0.29, 0.717) is 10.7 Å². The molecule has 2 heterocycles. The molecule has 3 rings (SSSR count). The standard InChI is InChI=1S/C16H17N3OS2/c1-4-14-18-19-15(20)8-12(17-16(19)22-14)9-21-13-6-5-10(2)7-11(13)3/h5-8H,4,9H2,1-3H3. The van der Waals surface area contributed by atoms with Crippen molar-refractivity contribution in [3.05, 3.63) is 56.4 Å². The molecule has 0 radical (unpaired) electrons. The number of aryl methyl sites for hydroxylation is 3. The average molecular weight is 331 g/mol. The molecular weight excluding hydrogens is 314 g/mol. The van der Waals surface area contributed by atoms with Crippen LogP contribution in [-0.2, 0) is 12.2 Å². The molecule has 0 fully saturated rings. The molecule has 0 saturated carbocycles. The van der Waals surface area contributed by atoms with E-state index < -0.39 is 0 Å². The molecule has 3 aromatic rings. The third kappa shape index (κ3) is 3.08. The second kappa shape index (κ2) is 6.22. The van der Waals surface area contributed by atoms with E-state index in [1.165, 1.54) is 31.9 Å². The van der Waals surface area contributed by atoms with Crippen molar-refractivity contribution in [2.75, 3.05) is 0 Å². The van der Waals surface area contributed by atoms with Crippen LogP contribution in [0, 0.1) is 13.8 Å². The summed E-state index contributed by atoms with van der Waals surface area (Å²) in [5.41, 5.74) is 3.23. The van der Waals surface area contributed by atoms with E-state index in [9.17, 15) is 4.79 Å². The van der Waals surface area contributed by atoms with Gasteiger partial charge in [0.2, 0.25) is 4.96 Å². The van der Waals surface area contributed by atoms with E-state index in [4.69, 9.17) is 0 Å². The zero-order valence-electron chi connectivity index (χ0n) is 12.8. The lowest BCUT2D eigenvalue weighted by Crippen LogP contribution is -2.15. The van der Waals surface area contributed by atoms with Crippen LogP contribution in [0.2, 0.25) is 0 Å². The van der Waals surface area contributed by atoms with Crippen LogP contribution >= 0.6 is 23.1 Å². The summed E-state index contributed by atoms with van der Waals surface area (Å²) in [5, 5.41) is 5.20. The number of aromatic nitrogens is 3. The number of benzene rings is 1. The van der Waals surface area contributed by atoms with Crippen molar-refractivity contribution in [3.8, 4) is 0 Å². The first-order valence-electron chi connectivity index (χ1n) is 7.15. The summed E-state index contributed by atoms with van der Waals surface area (Å²) in [7, 11) is 0. The van der Waals surface area contributed by atoms with Gasteiger partial charge in [-0.05, 0) is 31.9 Å². The average Bonchev–Trinajstić information content (AvgIpc) is 2.90. The van der Waals surface area contributed by atoms with Crippen molar-refractivity contribution in [2.45, 2.75) is 37.8 Å². The maximum absolute atomic E-state index is 12.1. The van der Waals surface area contributed by atoms with E-state index in [1.54, 1.807) is 17.8 Å². The largest absolute Gasteiger partial charge is 0.275 e. The molecule has 22 heavy (non-hydrogen) atoms. The summed E-state index contributed by atoms with van der Waals surface area (Å²) < 4.78 is 1.40. The van der Waals surface area contributed by atoms with Gasteiger partial charge in [-0.15, -0.1) is 11.8 Å². The molecule has 0 saturated heterocycles. The Bertz CT molecular complexity index is 883. The van der Waals surface area contributed by atoms with E-state index >= 15 is 0 Å². The van der Waals surface area contributed by atoms with E-state index in [1.807, 2.05) is 6.92 Å². The minimum absolute atomic E-state index is 0.0998. The number of nitrogens with zero attached hydrogens (tertiary/aromatic N) is 3. The molecule has 0 aliphatic rings. The van der Waals surface area contributed by atoms with Gasteiger partial charge in [-0.2, -0.15) is 9.61 Å². The third-order valence-corrected chi connectivity index (χ3v) is 5.61. The molecule has 0 amide bonds. The molecule has 0 aliphatic carbocycles. The van der Waals surface area contributed by atoms with Crippen LogP contribution in [0.15, 0.2) is 34.0 Å². The molecule has 0 atom stereocenters. The lowest BCUT2D eigenvalue weighted by Gasteiger charge is -2.06. The van der Waals surface area contributed by atoms with Crippen molar-refractivity contribution in [2.24, 2.45) is 0 Å². The molecule has 4 nitrogen and oxygen atoms in total. The number of thioether (sulfide) groups is 1.